The third kappa shape index (κ3) is 7.47. The predicted molar refractivity (Wildman–Crippen MR) is 75.2 cm³/mol. The molecule has 1 aromatic rings. The molecule has 0 aliphatic heterocycles. The number of aliphatic hydroxyl groups excluding tert-OH is 1. The van der Waals surface area contributed by atoms with Crippen molar-refractivity contribution in [3.8, 4) is 5.75 Å². The molecule has 0 radical (unpaired) electrons. The molecule has 0 bridgehead atoms. The Morgan fingerprint density at radius 3 is 2.68 bits per heavy atom. The lowest BCUT2D eigenvalue weighted by molar-refractivity contribution is -0.121. The molecule has 106 valence electrons. The van der Waals surface area contributed by atoms with E-state index in [4.69, 9.17) is 9.84 Å². The molecule has 0 heterocycles. The van der Waals surface area contributed by atoms with Crippen molar-refractivity contribution in [2.24, 2.45) is 0 Å². The van der Waals surface area contributed by atoms with Gasteiger partial charge in [-0.25, -0.2) is 0 Å². The van der Waals surface area contributed by atoms with Crippen molar-refractivity contribution in [2.75, 3.05) is 13.2 Å². The maximum atomic E-state index is 11.4. The van der Waals surface area contributed by atoms with Crippen LogP contribution in [0.15, 0.2) is 24.3 Å². The van der Waals surface area contributed by atoms with E-state index >= 15 is 0 Å². The molecule has 0 saturated carbocycles. The number of carbonyl (C=O) groups excluding carboxylic acids is 1. The first-order valence-electron chi connectivity index (χ1n) is 6.72. The van der Waals surface area contributed by atoms with Crippen molar-refractivity contribution in [3.63, 3.8) is 0 Å². The SMILES string of the molecule is Cc1ccc(OCCCC(=O)NCCC(C)O)cc1. The van der Waals surface area contributed by atoms with Crippen LogP contribution >= 0.6 is 0 Å². The number of nitrogens with one attached hydrogen (secondary N) is 1. The summed E-state index contributed by atoms with van der Waals surface area (Å²) in [6.45, 7) is 4.80. The van der Waals surface area contributed by atoms with Gasteiger partial charge < -0.3 is 15.2 Å². The monoisotopic (exact) mass is 265 g/mol. The smallest absolute Gasteiger partial charge is 0.220 e. The molecule has 1 unspecified atom stereocenters. The number of hydrogen-bond acceptors (Lipinski definition) is 3. The summed E-state index contributed by atoms with van der Waals surface area (Å²) >= 11 is 0. The van der Waals surface area contributed by atoms with E-state index in [1.54, 1.807) is 6.92 Å². The molecule has 2 N–H and O–H groups in total. The Hall–Kier alpha value is -1.55. The highest BCUT2D eigenvalue weighted by Crippen LogP contribution is 2.11. The first kappa shape index (κ1) is 15.5. The number of amides is 1. The van der Waals surface area contributed by atoms with Gasteiger partial charge in [0.25, 0.3) is 0 Å². The predicted octanol–water partition coefficient (Wildman–Crippen LogP) is 2.04. The summed E-state index contributed by atoms with van der Waals surface area (Å²) in [6, 6.07) is 7.85. The Morgan fingerprint density at radius 2 is 2.05 bits per heavy atom. The van der Waals surface area contributed by atoms with Gasteiger partial charge >= 0.3 is 0 Å². The maximum Gasteiger partial charge on any atom is 0.220 e. The molecule has 0 aliphatic carbocycles. The van der Waals surface area contributed by atoms with Crippen LogP contribution in [0.2, 0.25) is 0 Å². The quantitative estimate of drug-likeness (QED) is 0.707. The molecule has 0 fully saturated rings. The van der Waals surface area contributed by atoms with Crippen LogP contribution in [0.5, 0.6) is 5.75 Å². The highest BCUT2D eigenvalue weighted by atomic mass is 16.5. The average Bonchev–Trinajstić information content (AvgIpc) is 2.36. The number of rotatable bonds is 8. The van der Waals surface area contributed by atoms with Gasteiger partial charge in [0.1, 0.15) is 5.75 Å². The second kappa shape index (κ2) is 8.53. The molecule has 1 rings (SSSR count). The fourth-order valence-corrected chi connectivity index (χ4v) is 1.57. The number of carbonyl (C=O) groups is 1. The standard InChI is InChI=1S/C15H23NO3/c1-12-5-7-14(8-6-12)19-11-3-4-15(18)16-10-9-13(2)17/h5-8,13,17H,3-4,9-11H2,1-2H3,(H,16,18). The minimum absolute atomic E-state index is 0.00755. The molecule has 0 aliphatic rings. The number of aryl methyl sites for hydroxylation is 1. The zero-order chi connectivity index (χ0) is 14.1. The van der Waals surface area contributed by atoms with E-state index in [0.717, 1.165) is 5.75 Å². The van der Waals surface area contributed by atoms with E-state index in [2.05, 4.69) is 5.32 Å². The van der Waals surface area contributed by atoms with Crippen LogP contribution in [0.25, 0.3) is 0 Å². The number of ether oxygens (including phenoxy) is 1. The Balaban J connectivity index is 2.07. The van der Waals surface area contributed by atoms with Crippen molar-refractivity contribution in [2.45, 2.75) is 39.2 Å². The third-order valence-electron chi connectivity index (χ3n) is 2.72. The van der Waals surface area contributed by atoms with Crippen molar-refractivity contribution in [1.82, 2.24) is 5.32 Å². The summed E-state index contributed by atoms with van der Waals surface area (Å²) in [4.78, 5) is 11.4. The number of hydrogen-bond donors (Lipinski definition) is 2. The second-order valence-corrected chi connectivity index (χ2v) is 4.75. The third-order valence-corrected chi connectivity index (χ3v) is 2.72. The molecule has 0 spiro atoms. The van der Waals surface area contributed by atoms with Crippen molar-refractivity contribution >= 4 is 5.91 Å². The molecule has 1 aromatic carbocycles. The summed E-state index contributed by atoms with van der Waals surface area (Å²) in [5.74, 6) is 0.841. The van der Waals surface area contributed by atoms with Crippen LogP contribution in [0.1, 0.15) is 31.7 Å². The Kier molecular flexibility index (Phi) is 6.97. The highest BCUT2D eigenvalue weighted by molar-refractivity contribution is 5.75. The highest BCUT2D eigenvalue weighted by Gasteiger charge is 2.02. The minimum Gasteiger partial charge on any atom is -0.494 e. The van der Waals surface area contributed by atoms with Crippen molar-refractivity contribution in [1.29, 1.82) is 0 Å². The van der Waals surface area contributed by atoms with Crippen LogP contribution < -0.4 is 10.1 Å². The van der Waals surface area contributed by atoms with E-state index in [9.17, 15) is 4.79 Å². The summed E-state index contributed by atoms with van der Waals surface area (Å²) < 4.78 is 5.53. The molecule has 0 saturated heterocycles. The molecular formula is C15H23NO3. The zero-order valence-corrected chi connectivity index (χ0v) is 11.7. The van der Waals surface area contributed by atoms with Crippen LogP contribution in [-0.4, -0.2) is 30.3 Å². The zero-order valence-electron chi connectivity index (χ0n) is 11.7. The Morgan fingerprint density at radius 1 is 1.37 bits per heavy atom. The van der Waals surface area contributed by atoms with Gasteiger partial charge in [0.2, 0.25) is 5.91 Å². The van der Waals surface area contributed by atoms with E-state index in [-0.39, 0.29) is 12.0 Å². The summed E-state index contributed by atoms with van der Waals surface area (Å²) in [5, 5.41) is 11.8. The molecule has 0 aromatic heterocycles. The molecule has 4 heteroatoms. The largest absolute Gasteiger partial charge is 0.494 e. The Bertz CT molecular complexity index is 373. The lowest BCUT2D eigenvalue weighted by Crippen LogP contribution is -2.26. The first-order chi connectivity index (χ1) is 9.08. The van der Waals surface area contributed by atoms with Crippen molar-refractivity contribution in [3.05, 3.63) is 29.8 Å². The van der Waals surface area contributed by atoms with Crippen LogP contribution in [0, 0.1) is 6.92 Å². The number of benzene rings is 1. The molecule has 1 atom stereocenters. The fourth-order valence-electron chi connectivity index (χ4n) is 1.57. The van der Waals surface area contributed by atoms with E-state index < -0.39 is 0 Å². The molecule has 1 amide bonds. The van der Waals surface area contributed by atoms with Gasteiger partial charge in [0.05, 0.1) is 12.7 Å². The van der Waals surface area contributed by atoms with Crippen LogP contribution in [-0.2, 0) is 4.79 Å². The van der Waals surface area contributed by atoms with Gasteiger partial charge in [-0.05, 0) is 38.8 Å². The molecule has 4 nitrogen and oxygen atoms in total. The van der Waals surface area contributed by atoms with Gasteiger partial charge in [-0.2, -0.15) is 0 Å². The second-order valence-electron chi connectivity index (χ2n) is 4.75. The van der Waals surface area contributed by atoms with Crippen molar-refractivity contribution < 1.29 is 14.6 Å². The first-order valence-corrected chi connectivity index (χ1v) is 6.72. The van der Waals surface area contributed by atoms with Gasteiger partial charge in [-0.3, -0.25) is 4.79 Å². The van der Waals surface area contributed by atoms with E-state index in [0.29, 0.717) is 32.4 Å². The van der Waals surface area contributed by atoms with Crippen LogP contribution in [0.4, 0.5) is 0 Å². The Labute approximate surface area is 114 Å². The average molecular weight is 265 g/mol. The normalized spacial score (nSPS) is 11.9. The lowest BCUT2D eigenvalue weighted by Gasteiger charge is -2.08. The summed E-state index contributed by atoms with van der Waals surface area (Å²) in [7, 11) is 0. The minimum atomic E-state index is -0.370. The summed E-state index contributed by atoms with van der Waals surface area (Å²) in [6.07, 6.45) is 1.36. The summed E-state index contributed by atoms with van der Waals surface area (Å²) in [5.41, 5.74) is 1.20. The maximum absolute atomic E-state index is 11.4. The van der Waals surface area contributed by atoms with Gasteiger partial charge in [-0.1, -0.05) is 17.7 Å². The van der Waals surface area contributed by atoms with Crippen LogP contribution in [0.3, 0.4) is 0 Å². The van der Waals surface area contributed by atoms with Gasteiger partial charge in [0, 0.05) is 13.0 Å². The number of aliphatic hydroxyl groups is 1. The molecule has 19 heavy (non-hydrogen) atoms. The van der Waals surface area contributed by atoms with Gasteiger partial charge in [-0.15, -0.1) is 0 Å². The fraction of sp³-hybridized carbons (Fsp3) is 0.533. The van der Waals surface area contributed by atoms with E-state index in [1.165, 1.54) is 5.56 Å². The van der Waals surface area contributed by atoms with E-state index in [1.807, 2.05) is 31.2 Å². The molecular weight excluding hydrogens is 242 g/mol. The topological polar surface area (TPSA) is 58.6 Å². The lowest BCUT2D eigenvalue weighted by atomic mass is 10.2. The van der Waals surface area contributed by atoms with Gasteiger partial charge in [0.15, 0.2) is 0 Å².